The van der Waals surface area contributed by atoms with Gasteiger partial charge in [-0.05, 0) is 12.8 Å². The largest absolute Gasteiger partial charge is 0.357 e. The van der Waals surface area contributed by atoms with Crippen molar-refractivity contribution in [2.24, 2.45) is 0 Å². The summed E-state index contributed by atoms with van der Waals surface area (Å²) in [5.41, 5.74) is 1.11. The molecule has 3 heteroatoms. The minimum Gasteiger partial charge on any atom is -0.357 e. The predicted octanol–water partition coefficient (Wildman–Crippen LogP) is 1.98. The standard InChI is InChI=1S/C8H12N2O/c1-9-8-5-7(10-11-8)6-3-2-4-6/h5-6,9H,2-4H2,1H3. The van der Waals surface area contributed by atoms with Gasteiger partial charge in [0.05, 0.1) is 5.69 Å². The van der Waals surface area contributed by atoms with Crippen molar-refractivity contribution < 1.29 is 4.52 Å². The lowest BCUT2D eigenvalue weighted by Crippen LogP contribution is -2.08. The average Bonchev–Trinajstić information content (AvgIpc) is 2.32. The van der Waals surface area contributed by atoms with Crippen LogP contribution in [-0.4, -0.2) is 12.2 Å². The zero-order valence-electron chi connectivity index (χ0n) is 6.63. The van der Waals surface area contributed by atoms with E-state index in [2.05, 4.69) is 10.5 Å². The molecular weight excluding hydrogens is 140 g/mol. The van der Waals surface area contributed by atoms with Crippen molar-refractivity contribution in [1.29, 1.82) is 0 Å². The molecule has 1 aromatic heterocycles. The van der Waals surface area contributed by atoms with E-state index in [9.17, 15) is 0 Å². The average molecular weight is 152 g/mol. The number of nitrogens with zero attached hydrogens (tertiary/aromatic N) is 1. The van der Waals surface area contributed by atoms with Gasteiger partial charge >= 0.3 is 0 Å². The minimum atomic E-state index is 0.667. The second kappa shape index (κ2) is 2.57. The molecular formula is C8H12N2O. The van der Waals surface area contributed by atoms with Gasteiger partial charge in [-0.25, -0.2) is 0 Å². The molecule has 1 N–H and O–H groups in total. The third-order valence-corrected chi connectivity index (χ3v) is 2.30. The Balaban J connectivity index is 2.11. The molecule has 1 aromatic rings. The summed E-state index contributed by atoms with van der Waals surface area (Å²) >= 11 is 0. The van der Waals surface area contributed by atoms with Crippen molar-refractivity contribution in [1.82, 2.24) is 5.16 Å². The molecule has 3 nitrogen and oxygen atoms in total. The van der Waals surface area contributed by atoms with Crippen LogP contribution in [0, 0.1) is 0 Å². The third-order valence-electron chi connectivity index (χ3n) is 2.30. The van der Waals surface area contributed by atoms with Crippen molar-refractivity contribution >= 4 is 5.88 Å². The lowest BCUT2D eigenvalue weighted by atomic mass is 9.83. The molecule has 0 aromatic carbocycles. The first-order valence-electron chi connectivity index (χ1n) is 4.04. The Morgan fingerprint density at radius 2 is 2.45 bits per heavy atom. The molecule has 0 saturated heterocycles. The maximum absolute atomic E-state index is 5.01. The summed E-state index contributed by atoms with van der Waals surface area (Å²) in [6, 6.07) is 1.99. The summed E-state index contributed by atoms with van der Waals surface area (Å²) in [4.78, 5) is 0. The van der Waals surface area contributed by atoms with Crippen molar-refractivity contribution in [2.45, 2.75) is 25.2 Å². The van der Waals surface area contributed by atoms with Gasteiger partial charge in [-0.3, -0.25) is 0 Å². The number of hydrogen-bond acceptors (Lipinski definition) is 3. The van der Waals surface area contributed by atoms with Gasteiger partial charge in [-0.2, -0.15) is 0 Å². The number of aromatic nitrogens is 1. The molecule has 60 valence electrons. The molecule has 1 heterocycles. The molecule has 0 unspecified atom stereocenters. The maximum atomic E-state index is 5.01. The highest BCUT2D eigenvalue weighted by Gasteiger charge is 2.22. The normalized spacial score (nSPS) is 17.9. The lowest BCUT2D eigenvalue weighted by Gasteiger charge is -2.22. The Morgan fingerprint density at radius 1 is 1.64 bits per heavy atom. The lowest BCUT2D eigenvalue weighted by molar-refractivity contribution is 0.368. The number of hydrogen-bond donors (Lipinski definition) is 1. The van der Waals surface area contributed by atoms with E-state index >= 15 is 0 Å². The van der Waals surface area contributed by atoms with Gasteiger partial charge in [0, 0.05) is 19.0 Å². The fraction of sp³-hybridized carbons (Fsp3) is 0.625. The molecule has 1 aliphatic carbocycles. The van der Waals surface area contributed by atoms with Crippen LogP contribution in [0.15, 0.2) is 10.6 Å². The first-order valence-corrected chi connectivity index (χ1v) is 4.04. The third kappa shape index (κ3) is 1.11. The summed E-state index contributed by atoms with van der Waals surface area (Å²) in [6.07, 6.45) is 3.89. The summed E-state index contributed by atoms with van der Waals surface area (Å²) in [5.74, 6) is 1.44. The fourth-order valence-corrected chi connectivity index (χ4v) is 1.30. The molecule has 1 aliphatic rings. The first-order chi connectivity index (χ1) is 5.40. The molecule has 2 rings (SSSR count). The van der Waals surface area contributed by atoms with E-state index in [4.69, 9.17) is 4.52 Å². The van der Waals surface area contributed by atoms with Crippen molar-refractivity contribution in [3.05, 3.63) is 11.8 Å². The smallest absolute Gasteiger partial charge is 0.224 e. The Labute approximate surface area is 65.8 Å². The van der Waals surface area contributed by atoms with E-state index in [0.29, 0.717) is 5.92 Å². The van der Waals surface area contributed by atoms with Gasteiger partial charge in [0.1, 0.15) is 0 Å². The fourth-order valence-electron chi connectivity index (χ4n) is 1.30. The van der Waals surface area contributed by atoms with Crippen molar-refractivity contribution in [3.63, 3.8) is 0 Å². The minimum absolute atomic E-state index is 0.667. The van der Waals surface area contributed by atoms with Crippen LogP contribution in [0.5, 0.6) is 0 Å². The molecule has 0 atom stereocenters. The Morgan fingerprint density at radius 3 is 2.91 bits per heavy atom. The molecule has 11 heavy (non-hydrogen) atoms. The van der Waals surface area contributed by atoms with E-state index in [0.717, 1.165) is 11.6 Å². The van der Waals surface area contributed by atoms with Crippen LogP contribution in [-0.2, 0) is 0 Å². The van der Waals surface area contributed by atoms with Gasteiger partial charge in [-0.1, -0.05) is 11.6 Å². The Hall–Kier alpha value is -0.990. The maximum Gasteiger partial charge on any atom is 0.224 e. The number of rotatable bonds is 2. The van der Waals surface area contributed by atoms with E-state index < -0.39 is 0 Å². The predicted molar refractivity (Wildman–Crippen MR) is 42.6 cm³/mol. The number of nitrogens with one attached hydrogen (secondary N) is 1. The van der Waals surface area contributed by atoms with Gasteiger partial charge in [0.25, 0.3) is 0 Å². The van der Waals surface area contributed by atoms with Crippen LogP contribution < -0.4 is 5.32 Å². The van der Waals surface area contributed by atoms with Crippen LogP contribution in [0.25, 0.3) is 0 Å². The first kappa shape index (κ1) is 6.70. The van der Waals surface area contributed by atoms with E-state index in [1.807, 2.05) is 13.1 Å². The number of anilines is 1. The molecule has 0 radical (unpaired) electrons. The highest BCUT2D eigenvalue weighted by Crippen LogP contribution is 2.36. The summed E-state index contributed by atoms with van der Waals surface area (Å²) in [7, 11) is 1.84. The van der Waals surface area contributed by atoms with Gasteiger partial charge < -0.3 is 9.84 Å². The zero-order chi connectivity index (χ0) is 7.68. The van der Waals surface area contributed by atoms with Gasteiger partial charge in [0.15, 0.2) is 0 Å². The van der Waals surface area contributed by atoms with Crippen molar-refractivity contribution in [3.8, 4) is 0 Å². The molecule has 0 bridgehead atoms. The van der Waals surface area contributed by atoms with Crippen LogP contribution in [0.2, 0.25) is 0 Å². The second-order valence-electron chi connectivity index (χ2n) is 2.99. The van der Waals surface area contributed by atoms with Crippen LogP contribution in [0.1, 0.15) is 30.9 Å². The van der Waals surface area contributed by atoms with Crippen LogP contribution in [0.4, 0.5) is 5.88 Å². The summed E-state index contributed by atoms with van der Waals surface area (Å²) in [5, 5.41) is 6.89. The quantitative estimate of drug-likeness (QED) is 0.704. The van der Waals surface area contributed by atoms with Gasteiger partial charge in [-0.15, -0.1) is 0 Å². The van der Waals surface area contributed by atoms with Gasteiger partial charge in [0.2, 0.25) is 5.88 Å². The Kier molecular flexibility index (Phi) is 1.56. The monoisotopic (exact) mass is 152 g/mol. The molecule has 0 amide bonds. The Bertz CT molecular complexity index is 240. The van der Waals surface area contributed by atoms with Crippen LogP contribution in [0.3, 0.4) is 0 Å². The molecule has 0 spiro atoms. The molecule has 1 fully saturated rings. The van der Waals surface area contributed by atoms with E-state index in [-0.39, 0.29) is 0 Å². The van der Waals surface area contributed by atoms with E-state index in [1.165, 1.54) is 19.3 Å². The van der Waals surface area contributed by atoms with Crippen molar-refractivity contribution in [2.75, 3.05) is 12.4 Å². The van der Waals surface area contributed by atoms with E-state index in [1.54, 1.807) is 0 Å². The second-order valence-corrected chi connectivity index (χ2v) is 2.99. The zero-order valence-corrected chi connectivity index (χ0v) is 6.63. The highest BCUT2D eigenvalue weighted by molar-refractivity contribution is 5.32. The highest BCUT2D eigenvalue weighted by atomic mass is 16.5. The SMILES string of the molecule is CNc1cc(C2CCC2)no1. The van der Waals surface area contributed by atoms with Crippen LogP contribution >= 0.6 is 0 Å². The molecule has 0 aliphatic heterocycles. The topological polar surface area (TPSA) is 38.1 Å². The molecule has 1 saturated carbocycles. The summed E-state index contributed by atoms with van der Waals surface area (Å²) in [6.45, 7) is 0. The summed E-state index contributed by atoms with van der Waals surface area (Å²) < 4.78 is 5.01.